The van der Waals surface area contributed by atoms with Crippen molar-refractivity contribution in [1.29, 1.82) is 0 Å². The molecule has 2 amide bonds. The number of anilines is 2. The molecule has 0 N–H and O–H groups in total. The van der Waals surface area contributed by atoms with Crippen molar-refractivity contribution in [2.75, 3.05) is 49.1 Å². The summed E-state index contributed by atoms with van der Waals surface area (Å²) in [5.74, 6) is 0. The number of nitrogens with zero attached hydrogens (tertiary/aromatic N) is 4. The highest BCUT2D eigenvalue weighted by molar-refractivity contribution is 9.10. The molecule has 0 radical (unpaired) electrons. The molecule has 0 aliphatic carbocycles. The molecule has 2 aromatic rings. The smallest absolute Gasteiger partial charge is 0.444 e. The minimum Gasteiger partial charge on any atom is -0.444 e. The highest BCUT2D eigenvalue weighted by atomic mass is 79.9. The number of ether oxygens (including phenoxy) is 2. The number of halogens is 1. The predicted octanol–water partition coefficient (Wildman–Crippen LogP) is 10.9. The van der Waals surface area contributed by atoms with Crippen molar-refractivity contribution < 1.29 is 66.2 Å². The molecule has 5 aliphatic heterocycles. The van der Waals surface area contributed by atoms with E-state index >= 15 is 0 Å². The van der Waals surface area contributed by atoms with E-state index in [0.717, 1.165) is 61.8 Å². The maximum absolute atomic E-state index is 12.6. The first kappa shape index (κ1) is 72.0. The summed E-state index contributed by atoms with van der Waals surface area (Å²) in [5.41, 5.74) is 5.71. The lowest BCUT2D eigenvalue weighted by molar-refractivity contribution is -0.193. The van der Waals surface area contributed by atoms with E-state index in [1.165, 1.54) is 33.6 Å². The van der Waals surface area contributed by atoms with Crippen molar-refractivity contribution in [3.63, 3.8) is 0 Å². The molecule has 18 nitrogen and oxygen atoms in total. The maximum Gasteiger partial charge on any atom is 0.494 e. The molecule has 5 saturated heterocycles. The summed E-state index contributed by atoms with van der Waals surface area (Å²) >= 11 is 3.65. The Morgan fingerprint density at radius 2 is 0.866 bits per heavy atom. The van der Waals surface area contributed by atoms with Gasteiger partial charge >= 0.3 is 45.6 Å². The van der Waals surface area contributed by atoms with Crippen LogP contribution in [0.3, 0.4) is 0 Å². The van der Waals surface area contributed by atoms with Crippen LogP contribution in [0.5, 0.6) is 0 Å². The van der Waals surface area contributed by atoms with Gasteiger partial charge in [-0.25, -0.2) is 9.59 Å². The van der Waals surface area contributed by atoms with Crippen LogP contribution in [-0.2, 0) is 69.4 Å². The van der Waals surface area contributed by atoms with E-state index in [2.05, 4.69) is 119 Å². The van der Waals surface area contributed by atoms with E-state index in [1.807, 2.05) is 107 Å². The van der Waals surface area contributed by atoms with Crippen molar-refractivity contribution in [1.82, 2.24) is 9.80 Å². The minimum atomic E-state index is -0.483. The summed E-state index contributed by atoms with van der Waals surface area (Å²) in [6.45, 7) is 53.8. The molecule has 2 aromatic carbocycles. The monoisotopic (exact) mass is 1210 g/mol. The summed E-state index contributed by atoms with van der Waals surface area (Å²) in [4.78, 5) is 66.0. The molecule has 22 heteroatoms. The Labute approximate surface area is 500 Å². The Morgan fingerprint density at radius 1 is 0.561 bits per heavy atom. The van der Waals surface area contributed by atoms with Crippen molar-refractivity contribution in [3.05, 3.63) is 51.0 Å². The number of likely N-dealkylation sites (N-methyl/N-ethyl adjacent to an activating group) is 2. The number of benzene rings is 2. The van der Waals surface area contributed by atoms with Crippen molar-refractivity contribution in [2.45, 2.75) is 249 Å². The van der Waals surface area contributed by atoms with Crippen LogP contribution in [0.2, 0.25) is 0 Å². The molecular formula is C60H98B3BrN4O14. The first-order chi connectivity index (χ1) is 37.6. The number of hydrogen-bond donors (Lipinski definition) is 0. The van der Waals surface area contributed by atoms with Crippen LogP contribution in [0.1, 0.15) is 187 Å². The standard InChI is InChI=1S/C26H43BN2O4.C20H31BrN2O2.C12H24B2O4.2CO2/c1-11-19-15-20(27-32-25(7,8)26(9,10)33-27)16-22(18(19)3)29(12-2)21-13-14-28(17-21)23(30)31-24(4,5)6;1-7-15-11-16(21)12-18(14(15)3)23(8-2)17-9-10-22(13-17)19(24)25-20(4,5)6;1-9(2)10(3,4)16-13(15-9)14-17-11(5,6)12(7,8)18-14;2*2-1-3/h15-16,21H,11-14,17H2,1-10H3;11-12,17H,7-10,13H2,1-6H3;1-8H3;;. The van der Waals surface area contributed by atoms with Gasteiger partial charge in [0, 0.05) is 67.2 Å². The second kappa shape index (κ2) is 28.3. The summed E-state index contributed by atoms with van der Waals surface area (Å²) in [7, 11) is -1.34. The van der Waals surface area contributed by atoms with Crippen molar-refractivity contribution in [2.24, 2.45) is 0 Å². The van der Waals surface area contributed by atoms with Gasteiger partial charge in [-0.1, -0.05) is 35.8 Å². The number of hydrogen-bond acceptors (Lipinski definition) is 16. The summed E-state index contributed by atoms with van der Waals surface area (Å²) < 4.78 is 48.8. The van der Waals surface area contributed by atoms with E-state index in [4.69, 9.17) is 56.6 Å². The molecule has 5 heterocycles. The Balaban J connectivity index is 0.000000319. The van der Waals surface area contributed by atoms with E-state index in [-0.39, 0.29) is 71.3 Å². The zero-order chi connectivity index (χ0) is 62.9. The molecule has 82 heavy (non-hydrogen) atoms. The van der Waals surface area contributed by atoms with E-state index < -0.39 is 25.2 Å². The average molecular weight is 1210 g/mol. The van der Waals surface area contributed by atoms with Gasteiger partial charge in [-0.15, -0.1) is 0 Å². The summed E-state index contributed by atoms with van der Waals surface area (Å²) in [5, 5.41) is 0. The molecule has 5 fully saturated rings. The summed E-state index contributed by atoms with van der Waals surface area (Å²) in [6.07, 6.45) is 3.93. The number of likely N-dealkylation sites (tertiary alicyclic amines) is 2. The molecular weight excluding hydrogens is 1110 g/mol. The van der Waals surface area contributed by atoms with Crippen molar-refractivity contribution in [3.8, 4) is 0 Å². The third kappa shape index (κ3) is 18.2. The van der Waals surface area contributed by atoms with Gasteiger partial charge in [-0.3, -0.25) is 0 Å². The largest absolute Gasteiger partial charge is 0.494 e. The van der Waals surface area contributed by atoms with Gasteiger partial charge in [-0.2, -0.15) is 19.2 Å². The third-order valence-corrected chi connectivity index (χ3v) is 17.3. The van der Waals surface area contributed by atoms with Crippen LogP contribution >= 0.6 is 15.9 Å². The second-order valence-corrected chi connectivity index (χ2v) is 27.5. The number of amides is 2. The van der Waals surface area contributed by atoms with Gasteiger partial charge in [-0.05, 0) is 224 Å². The van der Waals surface area contributed by atoms with Crippen LogP contribution in [-0.4, -0.2) is 152 Å². The van der Waals surface area contributed by atoms with Gasteiger partial charge in [0.2, 0.25) is 0 Å². The highest BCUT2D eigenvalue weighted by Crippen LogP contribution is 2.43. The SMILES string of the molecule is CC1(C)OB(B2OC(C)(C)C(C)(C)O2)OC1(C)C.CCc1cc(B2OC(C)(C)C(C)(C)O2)cc(N(CC)C2CCN(C(=O)OC(C)(C)C)C2)c1C.CCc1cc(Br)cc(N(CC)C2CCN(C(=O)OC(C)(C)C)C2)c1C.O=C=O.O=C=O. The van der Waals surface area contributed by atoms with Crippen LogP contribution in [0.4, 0.5) is 21.0 Å². The molecule has 7 rings (SSSR count). The van der Waals surface area contributed by atoms with E-state index in [9.17, 15) is 9.59 Å². The van der Waals surface area contributed by atoms with Gasteiger partial charge in [0.25, 0.3) is 0 Å². The average Bonchev–Trinajstić information content (AvgIpc) is 4.29. The topological polar surface area (TPSA) is 189 Å². The van der Waals surface area contributed by atoms with E-state index in [1.54, 1.807) is 0 Å². The molecule has 0 aromatic heterocycles. The Hall–Kier alpha value is -4.23. The fourth-order valence-corrected chi connectivity index (χ4v) is 10.7. The van der Waals surface area contributed by atoms with Crippen LogP contribution < -0.4 is 15.3 Å². The van der Waals surface area contributed by atoms with Crippen molar-refractivity contribution >= 4 is 78.4 Å². The predicted molar refractivity (Wildman–Crippen MR) is 325 cm³/mol. The zero-order valence-electron chi connectivity index (χ0n) is 54.1. The van der Waals surface area contributed by atoms with Gasteiger partial charge < -0.3 is 57.0 Å². The molecule has 2 unspecified atom stereocenters. The maximum atomic E-state index is 12.6. The molecule has 0 saturated carbocycles. The van der Waals surface area contributed by atoms with Gasteiger partial charge in [0.1, 0.15) is 11.2 Å². The lowest BCUT2D eigenvalue weighted by Crippen LogP contribution is -2.42. The third-order valence-electron chi connectivity index (χ3n) is 16.8. The molecule has 2 atom stereocenters. The fourth-order valence-electron chi connectivity index (χ4n) is 10.2. The number of carbonyl (C=O) groups excluding carboxylic acids is 6. The molecule has 0 bridgehead atoms. The summed E-state index contributed by atoms with van der Waals surface area (Å²) in [6, 6.07) is 9.45. The molecule has 458 valence electrons. The molecule has 5 aliphatic rings. The Morgan fingerprint density at radius 3 is 1.17 bits per heavy atom. The number of rotatable bonds is 10. The lowest BCUT2D eigenvalue weighted by Gasteiger charge is -2.33. The first-order valence-corrected chi connectivity index (χ1v) is 29.8. The minimum absolute atomic E-state index is 0.203. The van der Waals surface area contributed by atoms with Gasteiger partial charge in [0.15, 0.2) is 0 Å². The van der Waals surface area contributed by atoms with Crippen LogP contribution in [0, 0.1) is 13.8 Å². The first-order valence-electron chi connectivity index (χ1n) is 29.0. The normalized spacial score (nSPS) is 21.5. The number of carbonyl (C=O) groups is 2. The Bertz CT molecular complexity index is 2460. The Kier molecular flexibility index (Phi) is 24.9. The zero-order valence-corrected chi connectivity index (χ0v) is 55.7. The molecule has 0 spiro atoms. The van der Waals surface area contributed by atoms with Crippen LogP contribution in [0.15, 0.2) is 28.7 Å². The van der Waals surface area contributed by atoms with Gasteiger partial charge in [0.05, 0.1) is 33.6 Å². The highest BCUT2D eigenvalue weighted by Gasteiger charge is 2.64. The van der Waals surface area contributed by atoms with E-state index in [0.29, 0.717) is 19.1 Å². The number of aryl methyl sites for hydroxylation is 2. The van der Waals surface area contributed by atoms with Crippen LogP contribution in [0.25, 0.3) is 0 Å². The fraction of sp³-hybridized carbons (Fsp3) is 0.733. The lowest BCUT2D eigenvalue weighted by atomic mass is 9.49. The second-order valence-electron chi connectivity index (χ2n) is 26.6. The quantitative estimate of drug-likeness (QED) is 0.204.